The Morgan fingerprint density at radius 1 is 1.42 bits per heavy atom. The SMILES string of the molecule is O=C(/C=C/c1ccco1)NCCCN1CCOCC1. The molecule has 0 bridgehead atoms. The summed E-state index contributed by atoms with van der Waals surface area (Å²) in [6, 6.07) is 3.60. The number of furan rings is 1. The van der Waals surface area contributed by atoms with Crippen LogP contribution in [0.2, 0.25) is 0 Å². The number of morpholine rings is 1. The number of ether oxygens (including phenoxy) is 1. The van der Waals surface area contributed by atoms with E-state index in [2.05, 4.69) is 10.2 Å². The topological polar surface area (TPSA) is 54.7 Å². The predicted octanol–water partition coefficient (Wildman–Crippen LogP) is 1.13. The van der Waals surface area contributed by atoms with Crippen LogP contribution in [0, 0.1) is 0 Å². The van der Waals surface area contributed by atoms with Gasteiger partial charge in [-0.05, 0) is 31.2 Å². The summed E-state index contributed by atoms with van der Waals surface area (Å²) in [5.41, 5.74) is 0. The molecule has 1 aliphatic rings. The summed E-state index contributed by atoms with van der Waals surface area (Å²) in [7, 11) is 0. The Labute approximate surface area is 113 Å². The van der Waals surface area contributed by atoms with Crippen molar-refractivity contribution in [2.45, 2.75) is 6.42 Å². The van der Waals surface area contributed by atoms with Gasteiger partial charge in [0, 0.05) is 25.7 Å². The van der Waals surface area contributed by atoms with Crippen molar-refractivity contribution in [1.29, 1.82) is 0 Å². The Morgan fingerprint density at radius 2 is 2.26 bits per heavy atom. The fourth-order valence-corrected chi connectivity index (χ4v) is 1.94. The average Bonchev–Trinajstić information content (AvgIpc) is 2.96. The number of nitrogens with zero attached hydrogens (tertiary/aromatic N) is 1. The number of carbonyl (C=O) groups is 1. The molecule has 1 saturated heterocycles. The zero-order valence-electron chi connectivity index (χ0n) is 11.0. The molecule has 1 aromatic rings. The summed E-state index contributed by atoms with van der Waals surface area (Å²) in [6.07, 6.45) is 5.70. The van der Waals surface area contributed by atoms with Gasteiger partial charge in [0.2, 0.25) is 5.91 Å². The normalized spacial score (nSPS) is 16.8. The summed E-state index contributed by atoms with van der Waals surface area (Å²) in [5, 5.41) is 2.86. The van der Waals surface area contributed by atoms with Crippen molar-refractivity contribution in [1.82, 2.24) is 10.2 Å². The molecule has 104 valence electrons. The summed E-state index contributed by atoms with van der Waals surface area (Å²) < 4.78 is 10.4. The van der Waals surface area contributed by atoms with E-state index in [1.54, 1.807) is 18.4 Å². The maximum atomic E-state index is 11.5. The van der Waals surface area contributed by atoms with E-state index in [1.165, 1.54) is 6.08 Å². The number of nitrogens with one attached hydrogen (secondary N) is 1. The maximum absolute atomic E-state index is 11.5. The van der Waals surface area contributed by atoms with Crippen molar-refractivity contribution >= 4 is 12.0 Å². The van der Waals surface area contributed by atoms with Crippen molar-refractivity contribution in [2.24, 2.45) is 0 Å². The van der Waals surface area contributed by atoms with Crippen molar-refractivity contribution in [3.8, 4) is 0 Å². The third kappa shape index (κ3) is 5.28. The Bertz CT molecular complexity index is 395. The van der Waals surface area contributed by atoms with Gasteiger partial charge in [-0.25, -0.2) is 0 Å². The van der Waals surface area contributed by atoms with Crippen molar-refractivity contribution in [2.75, 3.05) is 39.4 Å². The van der Waals surface area contributed by atoms with E-state index >= 15 is 0 Å². The maximum Gasteiger partial charge on any atom is 0.244 e. The predicted molar refractivity (Wildman–Crippen MR) is 72.6 cm³/mol. The second kappa shape index (κ2) is 7.76. The molecule has 1 aliphatic heterocycles. The number of rotatable bonds is 6. The van der Waals surface area contributed by atoms with Gasteiger partial charge >= 0.3 is 0 Å². The second-order valence-corrected chi connectivity index (χ2v) is 4.45. The van der Waals surface area contributed by atoms with Gasteiger partial charge in [-0.1, -0.05) is 0 Å². The highest BCUT2D eigenvalue weighted by Crippen LogP contribution is 2.01. The van der Waals surface area contributed by atoms with Gasteiger partial charge in [-0.2, -0.15) is 0 Å². The van der Waals surface area contributed by atoms with Crippen LogP contribution < -0.4 is 5.32 Å². The van der Waals surface area contributed by atoms with Crippen LogP contribution in [0.5, 0.6) is 0 Å². The van der Waals surface area contributed by atoms with Crippen LogP contribution in [0.3, 0.4) is 0 Å². The lowest BCUT2D eigenvalue weighted by Crippen LogP contribution is -2.38. The van der Waals surface area contributed by atoms with E-state index in [9.17, 15) is 4.79 Å². The zero-order chi connectivity index (χ0) is 13.3. The van der Waals surface area contributed by atoms with E-state index in [4.69, 9.17) is 9.15 Å². The standard InChI is InChI=1S/C14H20N2O3/c17-14(5-4-13-3-1-10-19-13)15-6-2-7-16-8-11-18-12-9-16/h1,3-5,10H,2,6-9,11-12H2,(H,15,17)/b5-4+. The highest BCUT2D eigenvalue weighted by molar-refractivity contribution is 5.91. The molecule has 5 nitrogen and oxygen atoms in total. The molecule has 1 aromatic heterocycles. The molecule has 1 amide bonds. The number of carbonyl (C=O) groups excluding carboxylic acids is 1. The molecule has 19 heavy (non-hydrogen) atoms. The largest absolute Gasteiger partial charge is 0.465 e. The van der Waals surface area contributed by atoms with Crippen molar-refractivity contribution < 1.29 is 13.9 Å². The Balaban J connectivity index is 1.56. The molecule has 2 rings (SSSR count). The molecule has 2 heterocycles. The first kappa shape index (κ1) is 13.8. The minimum absolute atomic E-state index is 0.0848. The highest BCUT2D eigenvalue weighted by Gasteiger charge is 2.09. The van der Waals surface area contributed by atoms with Gasteiger partial charge in [-0.3, -0.25) is 9.69 Å². The van der Waals surface area contributed by atoms with Crippen LogP contribution in [0.4, 0.5) is 0 Å². The zero-order valence-corrected chi connectivity index (χ0v) is 11.0. The van der Waals surface area contributed by atoms with E-state index in [0.29, 0.717) is 12.3 Å². The van der Waals surface area contributed by atoms with Gasteiger partial charge in [0.15, 0.2) is 0 Å². The first-order valence-corrected chi connectivity index (χ1v) is 6.64. The van der Waals surface area contributed by atoms with Crippen LogP contribution in [-0.4, -0.2) is 50.2 Å². The third-order valence-corrected chi connectivity index (χ3v) is 3.00. The van der Waals surface area contributed by atoms with Crippen LogP contribution in [0.15, 0.2) is 28.9 Å². The lowest BCUT2D eigenvalue weighted by Gasteiger charge is -2.26. The van der Waals surface area contributed by atoms with Gasteiger partial charge in [0.25, 0.3) is 0 Å². The molecule has 0 unspecified atom stereocenters. The van der Waals surface area contributed by atoms with E-state index in [1.807, 2.05) is 6.07 Å². The Morgan fingerprint density at radius 3 is 3.00 bits per heavy atom. The summed E-state index contributed by atoms with van der Waals surface area (Å²) >= 11 is 0. The van der Waals surface area contributed by atoms with Crippen LogP contribution >= 0.6 is 0 Å². The van der Waals surface area contributed by atoms with Crippen molar-refractivity contribution in [3.05, 3.63) is 30.2 Å². The summed E-state index contributed by atoms with van der Waals surface area (Å²) in [4.78, 5) is 13.9. The molecule has 0 saturated carbocycles. The summed E-state index contributed by atoms with van der Waals surface area (Å²) in [6.45, 7) is 5.32. The van der Waals surface area contributed by atoms with Gasteiger partial charge in [0.1, 0.15) is 5.76 Å². The van der Waals surface area contributed by atoms with E-state index < -0.39 is 0 Å². The van der Waals surface area contributed by atoms with E-state index in [-0.39, 0.29) is 5.91 Å². The monoisotopic (exact) mass is 264 g/mol. The average molecular weight is 264 g/mol. The van der Waals surface area contributed by atoms with Crippen LogP contribution in [-0.2, 0) is 9.53 Å². The number of hydrogen-bond donors (Lipinski definition) is 1. The molecule has 0 aliphatic carbocycles. The molecule has 1 N–H and O–H groups in total. The Hall–Kier alpha value is -1.59. The lowest BCUT2D eigenvalue weighted by molar-refractivity contribution is -0.116. The lowest BCUT2D eigenvalue weighted by atomic mass is 10.3. The number of hydrogen-bond acceptors (Lipinski definition) is 4. The molecule has 0 atom stereocenters. The van der Waals surface area contributed by atoms with Gasteiger partial charge in [0.05, 0.1) is 19.5 Å². The van der Waals surface area contributed by atoms with E-state index in [0.717, 1.165) is 39.3 Å². The van der Waals surface area contributed by atoms with Crippen molar-refractivity contribution in [3.63, 3.8) is 0 Å². The van der Waals surface area contributed by atoms with Crippen LogP contribution in [0.25, 0.3) is 6.08 Å². The smallest absolute Gasteiger partial charge is 0.244 e. The fourth-order valence-electron chi connectivity index (χ4n) is 1.94. The van der Waals surface area contributed by atoms with Gasteiger partial charge < -0.3 is 14.5 Å². The molecule has 5 heteroatoms. The molecular weight excluding hydrogens is 244 g/mol. The molecule has 0 aromatic carbocycles. The number of amides is 1. The van der Waals surface area contributed by atoms with Gasteiger partial charge in [-0.15, -0.1) is 0 Å². The fraction of sp³-hybridized carbons (Fsp3) is 0.500. The second-order valence-electron chi connectivity index (χ2n) is 4.45. The molecule has 0 spiro atoms. The Kier molecular flexibility index (Phi) is 5.65. The van der Waals surface area contributed by atoms with Crippen LogP contribution in [0.1, 0.15) is 12.2 Å². The first-order valence-electron chi connectivity index (χ1n) is 6.64. The molecule has 1 fully saturated rings. The molecular formula is C14H20N2O3. The summed E-state index contributed by atoms with van der Waals surface area (Å²) in [5.74, 6) is 0.599. The minimum atomic E-state index is -0.0848. The minimum Gasteiger partial charge on any atom is -0.465 e. The first-order chi connectivity index (χ1) is 9.34. The highest BCUT2D eigenvalue weighted by atomic mass is 16.5. The third-order valence-electron chi connectivity index (χ3n) is 3.00. The quantitative estimate of drug-likeness (QED) is 0.618. The molecule has 0 radical (unpaired) electrons.